The molecule has 0 saturated carbocycles. The van der Waals surface area contributed by atoms with Gasteiger partial charge in [0.15, 0.2) is 5.82 Å². The zero-order valence-electron chi connectivity index (χ0n) is 14.4. The Kier molecular flexibility index (Phi) is 6.87. The molecule has 2 N–H and O–H groups in total. The number of sulfonamides is 1. The quantitative estimate of drug-likeness (QED) is 0.402. The lowest BCUT2D eigenvalue weighted by Gasteiger charge is -2.31. The van der Waals surface area contributed by atoms with E-state index < -0.39 is 37.1 Å². The van der Waals surface area contributed by atoms with Crippen molar-refractivity contribution in [2.45, 2.75) is 30.3 Å². The summed E-state index contributed by atoms with van der Waals surface area (Å²) in [6.45, 7) is 1.42. The summed E-state index contributed by atoms with van der Waals surface area (Å²) in [5.74, 6) is -1.69. The van der Waals surface area contributed by atoms with E-state index in [1.807, 2.05) is 0 Å². The first-order valence-electron chi connectivity index (χ1n) is 8.15. The molecule has 1 aliphatic heterocycles. The first-order valence-corrected chi connectivity index (χ1v) is 9.59. The molecule has 0 spiro atoms. The number of rotatable bonds is 8. The third-order valence-corrected chi connectivity index (χ3v) is 6.02. The van der Waals surface area contributed by atoms with E-state index in [2.05, 4.69) is 4.74 Å². The van der Waals surface area contributed by atoms with E-state index in [-0.39, 0.29) is 19.2 Å². The number of halogens is 1. The lowest BCUT2D eigenvalue weighted by Crippen LogP contribution is -2.41. The van der Waals surface area contributed by atoms with Gasteiger partial charge in [0, 0.05) is 25.8 Å². The van der Waals surface area contributed by atoms with Gasteiger partial charge in [-0.3, -0.25) is 10.1 Å². The molecule has 0 aromatic heterocycles. The fraction of sp³-hybridized carbons (Fsp3) is 0.600. The van der Waals surface area contributed by atoms with Crippen LogP contribution in [0.2, 0.25) is 0 Å². The maximum Gasteiger partial charge on any atom is 0.315 e. The Bertz CT molecular complexity index is 750. The van der Waals surface area contributed by atoms with Gasteiger partial charge in [-0.15, -0.1) is 0 Å². The Morgan fingerprint density at radius 1 is 1.38 bits per heavy atom. The standard InChI is InChI=1S/C15H22FN3O6S/c1-24-15-13(16)9-12(10-14(15)19(20)21)26(22,23)18-6-3-11(4-7-18)25-8-2-5-17/h9-11H,2-8,17H2,1H3. The van der Waals surface area contributed by atoms with Crippen LogP contribution in [0.1, 0.15) is 19.3 Å². The van der Waals surface area contributed by atoms with Crippen LogP contribution < -0.4 is 10.5 Å². The summed E-state index contributed by atoms with van der Waals surface area (Å²) >= 11 is 0. The van der Waals surface area contributed by atoms with Crippen molar-refractivity contribution in [2.75, 3.05) is 33.4 Å². The molecule has 1 aliphatic rings. The van der Waals surface area contributed by atoms with Crippen LogP contribution in [-0.2, 0) is 14.8 Å². The predicted octanol–water partition coefficient (Wildman–Crippen LogP) is 1.26. The van der Waals surface area contributed by atoms with E-state index in [0.29, 0.717) is 26.0 Å². The molecule has 9 nitrogen and oxygen atoms in total. The number of nitro benzene ring substituents is 1. The first kappa shape index (κ1) is 20.5. The minimum atomic E-state index is -4.06. The van der Waals surface area contributed by atoms with Gasteiger partial charge in [-0.05, 0) is 31.9 Å². The van der Waals surface area contributed by atoms with E-state index in [9.17, 15) is 22.9 Å². The largest absolute Gasteiger partial charge is 0.488 e. The van der Waals surface area contributed by atoms with Crippen LogP contribution in [0.15, 0.2) is 17.0 Å². The molecule has 1 fully saturated rings. The molecular weight excluding hydrogens is 369 g/mol. The highest BCUT2D eigenvalue weighted by Crippen LogP contribution is 2.34. The van der Waals surface area contributed by atoms with Gasteiger partial charge in [0.2, 0.25) is 15.8 Å². The Balaban J connectivity index is 2.17. The lowest BCUT2D eigenvalue weighted by atomic mass is 10.1. The van der Waals surface area contributed by atoms with Crippen molar-refractivity contribution >= 4 is 15.7 Å². The van der Waals surface area contributed by atoms with E-state index in [1.165, 1.54) is 4.31 Å². The van der Waals surface area contributed by atoms with Gasteiger partial charge in [-0.25, -0.2) is 12.8 Å². The molecule has 1 saturated heterocycles. The van der Waals surface area contributed by atoms with Crippen molar-refractivity contribution in [1.82, 2.24) is 4.31 Å². The van der Waals surface area contributed by atoms with Gasteiger partial charge in [0.25, 0.3) is 0 Å². The van der Waals surface area contributed by atoms with Crippen LogP contribution in [-0.4, -0.2) is 57.1 Å². The molecule has 26 heavy (non-hydrogen) atoms. The molecule has 0 bridgehead atoms. The molecule has 11 heteroatoms. The average Bonchev–Trinajstić information content (AvgIpc) is 2.61. The summed E-state index contributed by atoms with van der Waals surface area (Å²) in [5, 5.41) is 11.1. The zero-order chi connectivity index (χ0) is 19.3. The monoisotopic (exact) mass is 391 g/mol. The first-order chi connectivity index (χ1) is 12.3. The fourth-order valence-corrected chi connectivity index (χ4v) is 4.27. The van der Waals surface area contributed by atoms with Crippen LogP contribution in [0.5, 0.6) is 5.75 Å². The number of nitrogens with two attached hydrogens (primary N) is 1. The van der Waals surface area contributed by atoms with Crippen molar-refractivity contribution in [3.8, 4) is 5.75 Å². The van der Waals surface area contributed by atoms with Crippen LogP contribution >= 0.6 is 0 Å². The fourth-order valence-electron chi connectivity index (χ4n) is 2.76. The second-order valence-electron chi connectivity index (χ2n) is 5.83. The number of hydrogen-bond donors (Lipinski definition) is 1. The van der Waals surface area contributed by atoms with E-state index in [4.69, 9.17) is 10.5 Å². The molecule has 2 rings (SSSR count). The second kappa shape index (κ2) is 8.71. The van der Waals surface area contributed by atoms with Crippen molar-refractivity contribution in [3.05, 3.63) is 28.1 Å². The highest BCUT2D eigenvalue weighted by Gasteiger charge is 2.33. The molecule has 0 atom stereocenters. The van der Waals surface area contributed by atoms with Crippen LogP contribution in [0.4, 0.5) is 10.1 Å². The molecule has 1 heterocycles. The van der Waals surface area contributed by atoms with Crippen molar-refractivity contribution in [2.24, 2.45) is 5.73 Å². The molecular formula is C15H22FN3O6S. The molecule has 0 amide bonds. The summed E-state index contributed by atoms with van der Waals surface area (Å²) in [6.07, 6.45) is 1.65. The number of ether oxygens (including phenoxy) is 2. The van der Waals surface area contributed by atoms with Gasteiger partial charge in [0.1, 0.15) is 0 Å². The molecule has 146 valence electrons. The maximum absolute atomic E-state index is 14.1. The third kappa shape index (κ3) is 4.47. The van der Waals surface area contributed by atoms with E-state index in [0.717, 1.165) is 25.7 Å². The average molecular weight is 391 g/mol. The molecule has 1 aromatic carbocycles. The smallest absolute Gasteiger partial charge is 0.315 e. The topological polar surface area (TPSA) is 125 Å². The summed E-state index contributed by atoms with van der Waals surface area (Å²) in [4.78, 5) is 9.74. The Hall–Kier alpha value is -1.82. The number of methoxy groups -OCH3 is 1. The number of hydrogen-bond acceptors (Lipinski definition) is 7. The van der Waals surface area contributed by atoms with Gasteiger partial charge in [-0.2, -0.15) is 4.31 Å². The highest BCUT2D eigenvalue weighted by molar-refractivity contribution is 7.89. The van der Waals surface area contributed by atoms with Gasteiger partial charge in [0.05, 0.1) is 23.0 Å². The van der Waals surface area contributed by atoms with Crippen molar-refractivity contribution in [1.29, 1.82) is 0 Å². The summed E-state index contributed by atoms with van der Waals surface area (Å²) < 4.78 is 51.0. The zero-order valence-corrected chi connectivity index (χ0v) is 15.2. The molecule has 0 unspecified atom stereocenters. The number of nitro groups is 1. The van der Waals surface area contributed by atoms with Gasteiger partial charge in [-0.1, -0.05) is 0 Å². The third-order valence-electron chi connectivity index (χ3n) is 4.14. The van der Waals surface area contributed by atoms with Crippen LogP contribution in [0.25, 0.3) is 0 Å². The van der Waals surface area contributed by atoms with Crippen molar-refractivity contribution in [3.63, 3.8) is 0 Å². The summed E-state index contributed by atoms with van der Waals surface area (Å²) in [6, 6.07) is 1.56. The molecule has 0 radical (unpaired) electrons. The minimum absolute atomic E-state index is 0.0602. The van der Waals surface area contributed by atoms with E-state index in [1.54, 1.807) is 0 Å². The second-order valence-corrected chi connectivity index (χ2v) is 7.77. The summed E-state index contributed by atoms with van der Waals surface area (Å²) in [7, 11) is -2.98. The SMILES string of the molecule is COc1c(F)cc(S(=O)(=O)N2CCC(OCCCN)CC2)cc1[N+](=O)[O-]. The number of benzene rings is 1. The number of nitrogens with zero attached hydrogens (tertiary/aromatic N) is 2. The predicted molar refractivity (Wildman–Crippen MR) is 91.0 cm³/mol. The minimum Gasteiger partial charge on any atom is -0.488 e. The normalized spacial score (nSPS) is 16.6. The van der Waals surface area contributed by atoms with Gasteiger partial charge >= 0.3 is 5.69 Å². The maximum atomic E-state index is 14.1. The van der Waals surface area contributed by atoms with E-state index >= 15 is 0 Å². The molecule has 1 aromatic rings. The number of piperidine rings is 1. The van der Waals surface area contributed by atoms with Crippen LogP contribution in [0.3, 0.4) is 0 Å². The Morgan fingerprint density at radius 3 is 2.58 bits per heavy atom. The van der Waals surface area contributed by atoms with Crippen LogP contribution in [0, 0.1) is 15.9 Å². The van der Waals surface area contributed by atoms with Crippen molar-refractivity contribution < 1.29 is 27.2 Å². The summed E-state index contributed by atoms with van der Waals surface area (Å²) in [5.41, 5.74) is 4.67. The van der Waals surface area contributed by atoms with Gasteiger partial charge < -0.3 is 15.2 Å². The molecule has 0 aliphatic carbocycles. The highest BCUT2D eigenvalue weighted by atomic mass is 32.2. The Labute approximate surface area is 151 Å². The lowest BCUT2D eigenvalue weighted by molar-refractivity contribution is -0.386. The Morgan fingerprint density at radius 2 is 2.04 bits per heavy atom.